The van der Waals surface area contributed by atoms with Crippen LogP contribution in [0.5, 0.6) is 0 Å². The predicted octanol–water partition coefficient (Wildman–Crippen LogP) is 3.76. The Kier molecular flexibility index (Phi) is 6.26. The van der Waals surface area contributed by atoms with Gasteiger partial charge in [0, 0.05) is 6.42 Å². The zero-order valence-electron chi connectivity index (χ0n) is 16.2. The van der Waals surface area contributed by atoms with Gasteiger partial charge < -0.3 is 10.6 Å². The molecule has 2 atom stereocenters. The fourth-order valence-electron chi connectivity index (χ4n) is 3.41. The lowest BCUT2D eigenvalue weighted by atomic mass is 9.87. The zero-order chi connectivity index (χ0) is 18.6. The number of amides is 2. The third kappa shape index (κ3) is 5.58. The summed E-state index contributed by atoms with van der Waals surface area (Å²) in [5.74, 6) is -0.105. The minimum absolute atomic E-state index is 0.0400. The van der Waals surface area contributed by atoms with E-state index in [-0.39, 0.29) is 29.2 Å². The maximum absolute atomic E-state index is 12.8. The van der Waals surface area contributed by atoms with Crippen molar-refractivity contribution in [2.45, 2.75) is 72.4 Å². The molecule has 0 aromatic heterocycles. The first-order valence-corrected chi connectivity index (χ1v) is 9.35. The number of hydrogen-bond donors (Lipinski definition) is 2. The van der Waals surface area contributed by atoms with E-state index >= 15 is 0 Å². The van der Waals surface area contributed by atoms with Crippen molar-refractivity contribution < 1.29 is 9.59 Å². The zero-order valence-corrected chi connectivity index (χ0v) is 16.2. The molecule has 0 spiro atoms. The molecule has 1 aliphatic rings. The number of hydrogen-bond acceptors (Lipinski definition) is 2. The average Bonchev–Trinajstić information content (AvgIpc) is 2.51. The van der Waals surface area contributed by atoms with E-state index < -0.39 is 6.04 Å². The number of nitrogens with one attached hydrogen (secondary N) is 2. The van der Waals surface area contributed by atoms with Crippen LogP contribution in [0, 0.1) is 11.3 Å². The van der Waals surface area contributed by atoms with Crippen LogP contribution in [-0.4, -0.2) is 17.9 Å². The number of benzene rings is 1. The molecule has 138 valence electrons. The monoisotopic (exact) mass is 344 g/mol. The molecule has 1 aromatic carbocycles. The topological polar surface area (TPSA) is 58.2 Å². The van der Waals surface area contributed by atoms with E-state index in [9.17, 15) is 9.59 Å². The number of carbonyl (C=O) groups is 2. The van der Waals surface area contributed by atoms with Gasteiger partial charge in [0.1, 0.15) is 6.04 Å². The second kappa shape index (κ2) is 8.03. The van der Waals surface area contributed by atoms with Gasteiger partial charge in [0.05, 0.1) is 6.04 Å². The molecule has 2 amide bonds. The molecule has 1 aliphatic carbocycles. The van der Waals surface area contributed by atoms with Crippen LogP contribution in [0.1, 0.15) is 71.0 Å². The molecule has 4 nitrogen and oxygen atoms in total. The molecule has 0 fully saturated rings. The molecule has 4 heteroatoms. The first-order chi connectivity index (χ1) is 11.7. The van der Waals surface area contributed by atoms with Crippen LogP contribution in [0.25, 0.3) is 0 Å². The van der Waals surface area contributed by atoms with E-state index in [1.165, 1.54) is 11.1 Å². The van der Waals surface area contributed by atoms with Gasteiger partial charge in [-0.15, -0.1) is 0 Å². The van der Waals surface area contributed by atoms with Gasteiger partial charge >= 0.3 is 0 Å². The molecule has 0 bridgehead atoms. The maximum atomic E-state index is 12.8. The van der Waals surface area contributed by atoms with Crippen molar-refractivity contribution in [3.63, 3.8) is 0 Å². The normalized spacial score (nSPS) is 18.4. The van der Waals surface area contributed by atoms with Crippen LogP contribution in [0.2, 0.25) is 0 Å². The highest BCUT2D eigenvalue weighted by Crippen LogP contribution is 2.29. The first-order valence-electron chi connectivity index (χ1n) is 9.35. The summed E-state index contributed by atoms with van der Waals surface area (Å²) in [7, 11) is 0. The van der Waals surface area contributed by atoms with Crippen molar-refractivity contribution in [2.24, 2.45) is 11.3 Å². The van der Waals surface area contributed by atoms with Gasteiger partial charge in [-0.05, 0) is 41.7 Å². The highest BCUT2D eigenvalue weighted by molar-refractivity contribution is 5.88. The van der Waals surface area contributed by atoms with Crippen LogP contribution < -0.4 is 10.6 Å². The predicted molar refractivity (Wildman–Crippen MR) is 101 cm³/mol. The maximum Gasteiger partial charge on any atom is 0.243 e. The average molecular weight is 344 g/mol. The molecule has 1 aromatic rings. The molecule has 2 unspecified atom stereocenters. The third-order valence-corrected chi connectivity index (χ3v) is 4.64. The fraction of sp³-hybridized carbons (Fsp3) is 0.619. The molecule has 2 rings (SSSR count). The van der Waals surface area contributed by atoms with Crippen LogP contribution >= 0.6 is 0 Å². The quantitative estimate of drug-likeness (QED) is 0.854. The molecule has 25 heavy (non-hydrogen) atoms. The first kappa shape index (κ1) is 19.5. The molecule has 0 aliphatic heterocycles. The molecule has 0 radical (unpaired) electrons. The lowest BCUT2D eigenvalue weighted by Gasteiger charge is -2.30. The van der Waals surface area contributed by atoms with Crippen LogP contribution in [0.3, 0.4) is 0 Å². The summed E-state index contributed by atoms with van der Waals surface area (Å²) in [6.07, 6.45) is 3.50. The third-order valence-electron chi connectivity index (χ3n) is 4.64. The van der Waals surface area contributed by atoms with Crippen molar-refractivity contribution >= 4 is 11.8 Å². The Hall–Kier alpha value is -1.84. The summed E-state index contributed by atoms with van der Waals surface area (Å²) < 4.78 is 0. The molecular weight excluding hydrogens is 312 g/mol. The Labute approximate surface area is 151 Å². The Morgan fingerprint density at radius 2 is 1.88 bits per heavy atom. The Balaban J connectivity index is 2.05. The van der Waals surface area contributed by atoms with Crippen molar-refractivity contribution in [3.8, 4) is 0 Å². The van der Waals surface area contributed by atoms with Gasteiger partial charge in [-0.2, -0.15) is 0 Å². The molecule has 2 N–H and O–H groups in total. The number of fused-ring (bicyclic) bond motifs is 1. The van der Waals surface area contributed by atoms with E-state index in [4.69, 9.17) is 0 Å². The second-order valence-corrected chi connectivity index (χ2v) is 8.68. The minimum Gasteiger partial charge on any atom is -0.347 e. The van der Waals surface area contributed by atoms with Gasteiger partial charge in [-0.1, -0.05) is 58.9 Å². The minimum atomic E-state index is -0.496. The standard InChI is InChI=1S/C21H32N2O2/c1-14(2)19(23-18(24)13-21(3,4)5)20(25)22-17-12-8-10-15-9-6-7-11-16(15)17/h6-7,9,11,14,17,19H,8,10,12-13H2,1-5H3,(H,22,25)(H,23,24). The number of rotatable bonds is 5. The molecule has 0 heterocycles. The highest BCUT2D eigenvalue weighted by Gasteiger charge is 2.29. The van der Waals surface area contributed by atoms with E-state index in [0.29, 0.717) is 6.42 Å². The van der Waals surface area contributed by atoms with Crippen LogP contribution in [0.4, 0.5) is 0 Å². The SMILES string of the molecule is CC(C)C(NC(=O)CC(C)(C)C)C(=O)NC1CCCc2ccccc21. The smallest absolute Gasteiger partial charge is 0.243 e. The van der Waals surface area contributed by atoms with Crippen molar-refractivity contribution in [3.05, 3.63) is 35.4 Å². The summed E-state index contributed by atoms with van der Waals surface area (Å²) in [6.45, 7) is 10.0. The largest absolute Gasteiger partial charge is 0.347 e. The Morgan fingerprint density at radius 3 is 2.52 bits per heavy atom. The Bertz CT molecular complexity index is 617. The summed E-state index contributed by atoms with van der Waals surface area (Å²) in [4.78, 5) is 25.1. The van der Waals surface area contributed by atoms with E-state index in [1.807, 2.05) is 46.8 Å². The molecule has 0 saturated carbocycles. The van der Waals surface area contributed by atoms with Crippen molar-refractivity contribution in [2.75, 3.05) is 0 Å². The van der Waals surface area contributed by atoms with Gasteiger partial charge in [-0.25, -0.2) is 0 Å². The summed E-state index contributed by atoms with van der Waals surface area (Å²) >= 11 is 0. The van der Waals surface area contributed by atoms with Crippen molar-refractivity contribution in [1.29, 1.82) is 0 Å². The van der Waals surface area contributed by atoms with Crippen LogP contribution in [-0.2, 0) is 16.0 Å². The Morgan fingerprint density at radius 1 is 1.20 bits per heavy atom. The van der Waals surface area contributed by atoms with Gasteiger partial charge in [0.25, 0.3) is 0 Å². The fourth-order valence-corrected chi connectivity index (χ4v) is 3.41. The van der Waals surface area contributed by atoms with E-state index in [0.717, 1.165) is 19.3 Å². The van der Waals surface area contributed by atoms with E-state index in [2.05, 4.69) is 22.8 Å². The van der Waals surface area contributed by atoms with Gasteiger partial charge in [0.15, 0.2) is 0 Å². The molecular formula is C21H32N2O2. The number of aryl methyl sites for hydroxylation is 1. The second-order valence-electron chi connectivity index (χ2n) is 8.68. The van der Waals surface area contributed by atoms with Gasteiger partial charge in [0.2, 0.25) is 11.8 Å². The lowest BCUT2D eigenvalue weighted by Crippen LogP contribution is -2.51. The number of carbonyl (C=O) groups excluding carboxylic acids is 2. The summed E-state index contributed by atoms with van der Waals surface area (Å²) in [5.41, 5.74) is 2.44. The summed E-state index contributed by atoms with van der Waals surface area (Å²) in [6, 6.07) is 7.85. The highest BCUT2D eigenvalue weighted by atomic mass is 16.2. The van der Waals surface area contributed by atoms with Crippen molar-refractivity contribution in [1.82, 2.24) is 10.6 Å². The summed E-state index contributed by atoms with van der Waals surface area (Å²) in [5, 5.41) is 6.11. The van der Waals surface area contributed by atoms with E-state index in [1.54, 1.807) is 0 Å². The van der Waals surface area contributed by atoms with Crippen LogP contribution in [0.15, 0.2) is 24.3 Å². The van der Waals surface area contributed by atoms with Gasteiger partial charge in [-0.3, -0.25) is 9.59 Å². The lowest BCUT2D eigenvalue weighted by molar-refractivity contribution is -0.131. The molecule has 0 saturated heterocycles.